The van der Waals surface area contributed by atoms with Gasteiger partial charge in [-0.05, 0) is 58.0 Å². The van der Waals surface area contributed by atoms with Gasteiger partial charge in [0.05, 0.1) is 29.0 Å². The van der Waals surface area contributed by atoms with Crippen molar-refractivity contribution in [3.05, 3.63) is 54.2 Å². The van der Waals surface area contributed by atoms with Gasteiger partial charge >= 0.3 is 6.18 Å². The van der Waals surface area contributed by atoms with Gasteiger partial charge in [-0.25, -0.2) is 4.39 Å². The molecule has 1 unspecified atom stereocenters. The van der Waals surface area contributed by atoms with Crippen molar-refractivity contribution in [2.45, 2.75) is 71.2 Å². The highest BCUT2D eigenvalue weighted by Gasteiger charge is 2.32. The Kier molecular flexibility index (Phi) is 8.52. The predicted molar refractivity (Wildman–Crippen MR) is 152 cm³/mol. The van der Waals surface area contributed by atoms with Gasteiger partial charge in [0.1, 0.15) is 18.8 Å². The largest absolute Gasteiger partial charge is 0.406 e. The van der Waals surface area contributed by atoms with Crippen LogP contribution < -0.4 is 10.8 Å². The first-order valence-electron chi connectivity index (χ1n) is 14.1. The third-order valence-corrected chi connectivity index (χ3v) is 7.44. The number of carbonyl (C=O) groups excluding carboxylic acids is 1. The van der Waals surface area contributed by atoms with Gasteiger partial charge in [-0.1, -0.05) is 18.1 Å². The van der Waals surface area contributed by atoms with Crippen molar-refractivity contribution in [3.63, 3.8) is 0 Å². The van der Waals surface area contributed by atoms with E-state index in [-0.39, 0.29) is 47.5 Å². The highest BCUT2D eigenvalue weighted by molar-refractivity contribution is 5.96. The summed E-state index contributed by atoms with van der Waals surface area (Å²) in [6.45, 7) is 8.25. The van der Waals surface area contributed by atoms with Crippen LogP contribution in [0.2, 0.25) is 0 Å². The molecule has 1 aliphatic rings. The van der Waals surface area contributed by atoms with Crippen molar-refractivity contribution in [1.29, 1.82) is 0 Å². The molecular weight excluding hydrogens is 570 g/mol. The van der Waals surface area contributed by atoms with E-state index < -0.39 is 25.0 Å². The van der Waals surface area contributed by atoms with Crippen molar-refractivity contribution < 1.29 is 31.7 Å². The van der Waals surface area contributed by atoms with Crippen LogP contribution in [0.5, 0.6) is 0 Å². The summed E-state index contributed by atoms with van der Waals surface area (Å²) in [6, 6.07) is 7.96. The Labute approximate surface area is 245 Å². The summed E-state index contributed by atoms with van der Waals surface area (Å²) in [5, 5.41) is 7.00. The molecule has 0 saturated carbocycles. The molecule has 1 saturated heterocycles. The molecule has 0 aliphatic carbocycles. The number of hydrogen-bond donors (Lipinski definition) is 2. The summed E-state index contributed by atoms with van der Waals surface area (Å²) in [5.74, 6) is -0.414. The molecule has 0 radical (unpaired) electrons. The van der Waals surface area contributed by atoms with Crippen LogP contribution in [0, 0.1) is 0 Å². The minimum Gasteiger partial charge on any atom is -0.348 e. The molecular formula is C29H35F4N7O3. The topological polar surface area (TPSA) is 102 Å². The van der Waals surface area contributed by atoms with Crippen LogP contribution in [0.3, 0.4) is 0 Å². The number of halogens is 4. The monoisotopic (exact) mass is 605 g/mol. The number of fused-ring (bicyclic) bond motifs is 1. The molecule has 232 valence electrons. The summed E-state index contributed by atoms with van der Waals surface area (Å²) in [7, 11) is 0. The SMILES string of the molecule is CCN1CCC(ONc2cccc3c2cc(-c2noc(CNC(=O)c4ccn(C(C)(C)C)c4)n2)n3CC(F)(F)F)[C@H](F)C1. The van der Waals surface area contributed by atoms with Crippen LogP contribution in [0.4, 0.5) is 23.2 Å². The lowest BCUT2D eigenvalue weighted by molar-refractivity contribution is -0.139. The average molecular weight is 606 g/mol. The molecule has 4 aromatic rings. The molecule has 14 heteroatoms. The third-order valence-electron chi connectivity index (χ3n) is 7.44. The number of benzene rings is 1. The van der Waals surface area contributed by atoms with Crippen LogP contribution in [0.15, 0.2) is 47.2 Å². The van der Waals surface area contributed by atoms with E-state index in [0.717, 1.165) is 11.1 Å². The molecule has 43 heavy (non-hydrogen) atoms. The Bertz CT molecular complexity index is 1570. The second-order valence-electron chi connectivity index (χ2n) is 11.6. The molecule has 10 nitrogen and oxygen atoms in total. The number of alkyl halides is 4. The maximum absolute atomic E-state index is 14.6. The summed E-state index contributed by atoms with van der Waals surface area (Å²) >= 11 is 0. The normalized spacial score (nSPS) is 18.3. The first-order valence-corrected chi connectivity index (χ1v) is 14.1. The second kappa shape index (κ2) is 12.0. The van der Waals surface area contributed by atoms with Gasteiger partial charge in [0.15, 0.2) is 0 Å². The van der Waals surface area contributed by atoms with Crippen molar-refractivity contribution in [2.75, 3.05) is 25.1 Å². The van der Waals surface area contributed by atoms with Gasteiger partial charge in [0.2, 0.25) is 11.7 Å². The second-order valence-corrected chi connectivity index (χ2v) is 11.6. The van der Waals surface area contributed by atoms with Crippen LogP contribution >= 0.6 is 0 Å². The fourth-order valence-electron chi connectivity index (χ4n) is 5.05. The molecule has 0 spiro atoms. The molecule has 1 aromatic carbocycles. The highest BCUT2D eigenvalue weighted by Crippen LogP contribution is 2.34. The van der Waals surface area contributed by atoms with E-state index >= 15 is 0 Å². The van der Waals surface area contributed by atoms with E-state index in [9.17, 15) is 22.4 Å². The van der Waals surface area contributed by atoms with Crippen molar-refractivity contribution in [2.24, 2.45) is 0 Å². The zero-order chi connectivity index (χ0) is 30.9. The molecule has 1 amide bonds. The molecule has 2 atom stereocenters. The maximum Gasteiger partial charge on any atom is 0.406 e. The number of aromatic nitrogens is 4. The minimum atomic E-state index is -4.54. The van der Waals surface area contributed by atoms with Gasteiger partial charge in [-0.15, -0.1) is 0 Å². The fourth-order valence-corrected chi connectivity index (χ4v) is 5.05. The number of amides is 1. The summed E-state index contributed by atoms with van der Waals surface area (Å²) < 4.78 is 63.9. The van der Waals surface area contributed by atoms with Crippen LogP contribution in [-0.4, -0.2) is 68.2 Å². The van der Waals surface area contributed by atoms with Gasteiger partial charge < -0.3 is 23.9 Å². The quantitative estimate of drug-likeness (QED) is 0.192. The number of carbonyl (C=O) groups is 1. The highest BCUT2D eigenvalue weighted by atomic mass is 19.4. The summed E-state index contributed by atoms with van der Waals surface area (Å²) in [6.07, 6.45) is -2.44. The third kappa shape index (κ3) is 7.02. The number of anilines is 1. The van der Waals surface area contributed by atoms with E-state index in [1.54, 1.807) is 36.7 Å². The minimum absolute atomic E-state index is 0.0245. The van der Waals surface area contributed by atoms with Crippen LogP contribution in [0.25, 0.3) is 22.4 Å². The van der Waals surface area contributed by atoms with Gasteiger partial charge in [-0.3, -0.25) is 15.1 Å². The average Bonchev–Trinajstić information content (AvgIpc) is 3.69. The lowest BCUT2D eigenvalue weighted by atomic mass is 10.1. The van der Waals surface area contributed by atoms with E-state index in [1.165, 1.54) is 6.07 Å². The van der Waals surface area contributed by atoms with Gasteiger partial charge in [0, 0.05) is 36.4 Å². The Morgan fingerprint density at radius 3 is 2.67 bits per heavy atom. The number of piperidine rings is 1. The fraction of sp³-hybridized carbons (Fsp3) is 0.483. The summed E-state index contributed by atoms with van der Waals surface area (Å²) in [4.78, 5) is 24.6. The van der Waals surface area contributed by atoms with Gasteiger partial charge in [-0.2, -0.15) is 18.2 Å². The summed E-state index contributed by atoms with van der Waals surface area (Å²) in [5.41, 5.74) is 3.71. The number of nitrogens with one attached hydrogen (secondary N) is 2. The first kappa shape index (κ1) is 30.5. The Balaban J connectivity index is 1.35. The Morgan fingerprint density at radius 1 is 1.21 bits per heavy atom. The molecule has 1 fully saturated rings. The lowest BCUT2D eigenvalue weighted by Crippen LogP contribution is -2.46. The van der Waals surface area contributed by atoms with Crippen molar-refractivity contribution >= 4 is 22.5 Å². The van der Waals surface area contributed by atoms with Crippen LogP contribution in [0.1, 0.15) is 50.4 Å². The predicted octanol–water partition coefficient (Wildman–Crippen LogP) is 5.52. The Hall–Kier alpha value is -3.91. The van der Waals surface area contributed by atoms with Crippen molar-refractivity contribution in [3.8, 4) is 11.5 Å². The molecule has 4 heterocycles. The first-order chi connectivity index (χ1) is 20.3. The molecule has 5 rings (SSSR count). The van der Waals surface area contributed by atoms with E-state index in [1.807, 2.05) is 37.2 Å². The standard InChI is InChI=1S/C29H35F4N7O3/c1-5-38-11-10-24(20(30)16-38)42-36-21-7-6-8-22-19(21)13-23(40(22)17-29(31,32)33)26-35-25(43-37-26)14-34-27(41)18-9-12-39(15-18)28(2,3)4/h6-9,12-13,15,20,24,36H,5,10-11,14,16-17H2,1-4H3,(H,34,41)/t20-,24?/m1/s1. The van der Waals surface area contributed by atoms with E-state index in [4.69, 9.17) is 9.36 Å². The molecule has 2 N–H and O–H groups in total. The number of likely N-dealkylation sites (tertiary alicyclic amines) is 1. The zero-order valence-electron chi connectivity index (χ0n) is 24.4. The number of rotatable bonds is 9. The number of nitrogens with zero attached hydrogens (tertiary/aromatic N) is 5. The molecule has 1 aliphatic heterocycles. The van der Waals surface area contributed by atoms with Crippen LogP contribution in [-0.2, 0) is 23.5 Å². The van der Waals surface area contributed by atoms with Gasteiger partial charge in [0.25, 0.3) is 5.91 Å². The zero-order valence-corrected chi connectivity index (χ0v) is 24.4. The molecule has 3 aromatic heterocycles. The van der Waals surface area contributed by atoms with E-state index in [0.29, 0.717) is 29.6 Å². The van der Waals surface area contributed by atoms with E-state index in [2.05, 4.69) is 20.9 Å². The van der Waals surface area contributed by atoms with Crippen molar-refractivity contribution in [1.82, 2.24) is 29.5 Å². The lowest BCUT2D eigenvalue weighted by Gasteiger charge is -2.33. The number of hydrogen-bond acceptors (Lipinski definition) is 7. The maximum atomic E-state index is 14.6. The molecule has 0 bridgehead atoms. The Morgan fingerprint density at radius 2 is 2.00 bits per heavy atom. The smallest absolute Gasteiger partial charge is 0.348 e.